The van der Waals surface area contributed by atoms with Crippen molar-refractivity contribution in [1.82, 2.24) is 4.90 Å². The van der Waals surface area contributed by atoms with E-state index in [4.69, 9.17) is 9.47 Å². The van der Waals surface area contributed by atoms with E-state index in [2.05, 4.69) is 0 Å². The van der Waals surface area contributed by atoms with E-state index in [-0.39, 0.29) is 11.8 Å². The number of carbonyl (C=O) groups is 2. The number of hydrogen-bond donors (Lipinski definition) is 0. The second kappa shape index (κ2) is 8.92. The van der Waals surface area contributed by atoms with E-state index < -0.39 is 6.04 Å². The zero-order valence-corrected chi connectivity index (χ0v) is 17.5. The van der Waals surface area contributed by atoms with Crippen LogP contribution in [0.5, 0.6) is 17.2 Å². The van der Waals surface area contributed by atoms with Crippen LogP contribution in [0.1, 0.15) is 17.3 Å². The third kappa shape index (κ3) is 4.23. The zero-order valence-electron chi connectivity index (χ0n) is 17.5. The Morgan fingerprint density at radius 3 is 2.23 bits per heavy atom. The van der Waals surface area contributed by atoms with Crippen molar-refractivity contribution < 1.29 is 19.1 Å². The third-order valence-corrected chi connectivity index (χ3v) is 5.38. The summed E-state index contributed by atoms with van der Waals surface area (Å²) in [4.78, 5) is 29.4. The molecule has 1 aliphatic heterocycles. The normalized spacial score (nSPS) is 16.2. The lowest BCUT2D eigenvalue weighted by atomic mass is 10.1. The summed E-state index contributed by atoms with van der Waals surface area (Å²) in [5.74, 6) is 1.63. The molecule has 6 heteroatoms. The monoisotopic (exact) mass is 416 g/mol. The smallest absolute Gasteiger partial charge is 0.258 e. The highest BCUT2D eigenvalue weighted by atomic mass is 16.5. The van der Waals surface area contributed by atoms with Gasteiger partial charge in [-0.05, 0) is 55.5 Å². The Morgan fingerprint density at radius 1 is 0.871 bits per heavy atom. The Balaban J connectivity index is 1.47. The van der Waals surface area contributed by atoms with Crippen molar-refractivity contribution in [3.05, 3.63) is 84.4 Å². The van der Waals surface area contributed by atoms with E-state index in [0.29, 0.717) is 30.2 Å². The van der Waals surface area contributed by atoms with Crippen LogP contribution in [-0.2, 0) is 4.79 Å². The number of carbonyl (C=O) groups excluding carboxylic acids is 2. The summed E-state index contributed by atoms with van der Waals surface area (Å²) in [5.41, 5.74) is 1.24. The molecule has 0 saturated carbocycles. The summed E-state index contributed by atoms with van der Waals surface area (Å²) >= 11 is 0. The van der Waals surface area contributed by atoms with Crippen LogP contribution < -0.4 is 14.4 Å². The second-order valence-electron chi connectivity index (χ2n) is 7.27. The van der Waals surface area contributed by atoms with Gasteiger partial charge in [-0.15, -0.1) is 0 Å². The Morgan fingerprint density at radius 2 is 1.52 bits per heavy atom. The number of piperazine rings is 1. The van der Waals surface area contributed by atoms with Crippen LogP contribution in [0.4, 0.5) is 5.69 Å². The van der Waals surface area contributed by atoms with Crippen LogP contribution >= 0.6 is 0 Å². The molecular formula is C25H24N2O4. The quantitative estimate of drug-likeness (QED) is 0.620. The van der Waals surface area contributed by atoms with E-state index in [0.717, 1.165) is 11.4 Å². The first-order chi connectivity index (χ1) is 15.1. The first kappa shape index (κ1) is 20.5. The molecule has 158 valence electrons. The van der Waals surface area contributed by atoms with Crippen LogP contribution in [0.15, 0.2) is 78.9 Å². The largest absolute Gasteiger partial charge is 0.496 e. The average Bonchev–Trinajstić information content (AvgIpc) is 2.82. The molecule has 2 amide bonds. The van der Waals surface area contributed by atoms with Crippen LogP contribution in [0.2, 0.25) is 0 Å². The molecule has 1 atom stereocenters. The summed E-state index contributed by atoms with van der Waals surface area (Å²) in [5, 5.41) is 0. The molecule has 3 aromatic rings. The van der Waals surface area contributed by atoms with Gasteiger partial charge in [0.25, 0.3) is 5.91 Å². The van der Waals surface area contributed by atoms with Gasteiger partial charge in [0.15, 0.2) is 0 Å². The third-order valence-electron chi connectivity index (χ3n) is 5.38. The Labute approximate surface area is 181 Å². The maximum Gasteiger partial charge on any atom is 0.258 e. The van der Waals surface area contributed by atoms with E-state index in [9.17, 15) is 9.59 Å². The van der Waals surface area contributed by atoms with Gasteiger partial charge in [-0.2, -0.15) is 0 Å². The molecule has 0 radical (unpaired) electrons. The van der Waals surface area contributed by atoms with Crippen molar-refractivity contribution in [1.29, 1.82) is 0 Å². The van der Waals surface area contributed by atoms with Gasteiger partial charge in [0.1, 0.15) is 23.3 Å². The molecule has 3 aromatic carbocycles. The molecule has 1 aliphatic rings. The van der Waals surface area contributed by atoms with Crippen LogP contribution in [-0.4, -0.2) is 43.0 Å². The van der Waals surface area contributed by atoms with Crippen molar-refractivity contribution >= 4 is 17.5 Å². The number of para-hydroxylation sites is 2. The molecule has 0 aromatic heterocycles. The molecule has 31 heavy (non-hydrogen) atoms. The average molecular weight is 416 g/mol. The lowest BCUT2D eigenvalue weighted by Gasteiger charge is -2.39. The first-order valence-corrected chi connectivity index (χ1v) is 10.2. The van der Waals surface area contributed by atoms with Crippen LogP contribution in [0.3, 0.4) is 0 Å². The zero-order chi connectivity index (χ0) is 21.8. The summed E-state index contributed by atoms with van der Waals surface area (Å²) in [6, 6.07) is 23.4. The number of hydrogen-bond acceptors (Lipinski definition) is 4. The fourth-order valence-electron chi connectivity index (χ4n) is 3.70. The van der Waals surface area contributed by atoms with E-state index >= 15 is 0 Å². The first-order valence-electron chi connectivity index (χ1n) is 10.2. The number of ether oxygens (including phenoxy) is 2. The minimum Gasteiger partial charge on any atom is -0.496 e. The predicted molar refractivity (Wildman–Crippen MR) is 119 cm³/mol. The fourth-order valence-corrected chi connectivity index (χ4v) is 3.70. The molecule has 0 N–H and O–H groups in total. The highest BCUT2D eigenvalue weighted by Gasteiger charge is 2.36. The predicted octanol–water partition coefficient (Wildman–Crippen LogP) is 4.37. The summed E-state index contributed by atoms with van der Waals surface area (Å²) in [6.45, 7) is 2.61. The standard InChI is InChI=1S/C25H24N2O4/c1-18-24(28)27(17-16-26(18)25(29)22-10-6-7-11-23(22)30-2)19-12-14-21(15-13-19)31-20-8-4-3-5-9-20/h3-15,18H,16-17H2,1-2H3/t18-/m0/s1. The molecule has 0 spiro atoms. The summed E-state index contributed by atoms with van der Waals surface area (Å²) in [6.07, 6.45) is 0. The van der Waals surface area contributed by atoms with E-state index in [1.807, 2.05) is 60.7 Å². The molecule has 6 nitrogen and oxygen atoms in total. The van der Waals surface area contributed by atoms with Gasteiger partial charge in [0.2, 0.25) is 5.91 Å². The second-order valence-corrected chi connectivity index (χ2v) is 7.27. The maximum absolute atomic E-state index is 13.1. The molecule has 0 bridgehead atoms. The van der Waals surface area contributed by atoms with Crippen molar-refractivity contribution in [2.24, 2.45) is 0 Å². The summed E-state index contributed by atoms with van der Waals surface area (Å²) in [7, 11) is 1.53. The highest BCUT2D eigenvalue weighted by Crippen LogP contribution is 2.28. The van der Waals surface area contributed by atoms with Crippen molar-refractivity contribution in [3.63, 3.8) is 0 Å². The number of rotatable bonds is 5. The number of amides is 2. The molecule has 0 aliphatic carbocycles. The van der Waals surface area contributed by atoms with Crippen molar-refractivity contribution in [2.45, 2.75) is 13.0 Å². The Hall–Kier alpha value is -3.80. The van der Waals surface area contributed by atoms with E-state index in [1.165, 1.54) is 7.11 Å². The number of nitrogens with zero attached hydrogens (tertiary/aromatic N) is 2. The fraction of sp³-hybridized carbons (Fsp3) is 0.200. The lowest BCUT2D eigenvalue weighted by Crippen LogP contribution is -2.57. The number of benzene rings is 3. The number of anilines is 1. The summed E-state index contributed by atoms with van der Waals surface area (Å²) < 4.78 is 11.1. The van der Waals surface area contributed by atoms with Gasteiger partial charge < -0.3 is 19.3 Å². The van der Waals surface area contributed by atoms with Gasteiger partial charge >= 0.3 is 0 Å². The number of methoxy groups -OCH3 is 1. The Bertz CT molecular complexity index is 1070. The van der Waals surface area contributed by atoms with Crippen LogP contribution in [0, 0.1) is 0 Å². The van der Waals surface area contributed by atoms with Gasteiger partial charge in [-0.3, -0.25) is 9.59 Å². The topological polar surface area (TPSA) is 59.1 Å². The van der Waals surface area contributed by atoms with Crippen LogP contribution in [0.25, 0.3) is 0 Å². The molecule has 1 heterocycles. The van der Waals surface area contributed by atoms with E-state index in [1.54, 1.807) is 34.9 Å². The molecule has 0 unspecified atom stereocenters. The van der Waals surface area contributed by atoms with Gasteiger partial charge in [0, 0.05) is 18.8 Å². The van der Waals surface area contributed by atoms with Gasteiger partial charge in [-0.25, -0.2) is 0 Å². The molecular weight excluding hydrogens is 392 g/mol. The molecule has 4 rings (SSSR count). The highest BCUT2D eigenvalue weighted by molar-refractivity contribution is 6.04. The minimum absolute atomic E-state index is 0.119. The van der Waals surface area contributed by atoms with Crippen molar-refractivity contribution in [2.75, 3.05) is 25.1 Å². The lowest BCUT2D eigenvalue weighted by molar-refractivity contribution is -0.124. The maximum atomic E-state index is 13.1. The van der Waals surface area contributed by atoms with Gasteiger partial charge in [0.05, 0.1) is 12.7 Å². The van der Waals surface area contributed by atoms with Crippen molar-refractivity contribution in [3.8, 4) is 17.2 Å². The molecule has 1 fully saturated rings. The minimum atomic E-state index is -0.577. The SMILES string of the molecule is COc1ccccc1C(=O)N1CCN(c2ccc(Oc3ccccc3)cc2)C(=O)[C@@H]1C. The van der Waals surface area contributed by atoms with Gasteiger partial charge in [-0.1, -0.05) is 30.3 Å². The molecule has 1 saturated heterocycles. The Kier molecular flexibility index (Phi) is 5.89.